The average Bonchev–Trinajstić information content (AvgIpc) is 2.37. The van der Waals surface area contributed by atoms with Gasteiger partial charge < -0.3 is 10.4 Å². The van der Waals surface area contributed by atoms with Crippen LogP contribution in [-0.4, -0.2) is 22.2 Å². The van der Waals surface area contributed by atoms with Crippen molar-refractivity contribution in [3.05, 3.63) is 28.3 Å². The minimum Gasteiger partial charge on any atom is -0.465 e. The Morgan fingerprint density at radius 2 is 2.09 bits per heavy atom. The lowest BCUT2D eigenvalue weighted by Crippen LogP contribution is -2.35. The van der Waals surface area contributed by atoms with Crippen molar-refractivity contribution in [1.82, 2.24) is 0 Å². The molecule has 1 amide bonds. The van der Waals surface area contributed by atoms with Crippen molar-refractivity contribution < 1.29 is 14.8 Å². The van der Waals surface area contributed by atoms with Crippen molar-refractivity contribution in [2.75, 3.05) is 10.6 Å². The summed E-state index contributed by atoms with van der Waals surface area (Å²) in [5.74, 6) is 0.559. The minimum absolute atomic E-state index is 0.118. The first-order valence-corrected chi connectivity index (χ1v) is 7.71. The molecule has 2 atom stereocenters. The molecule has 0 aromatic heterocycles. The second kappa shape index (κ2) is 6.44. The summed E-state index contributed by atoms with van der Waals surface area (Å²) in [7, 11) is 0. The molecule has 23 heavy (non-hydrogen) atoms. The van der Waals surface area contributed by atoms with E-state index in [0.717, 1.165) is 19.3 Å². The number of rotatable bonds is 4. The highest BCUT2D eigenvalue weighted by Crippen LogP contribution is 2.40. The van der Waals surface area contributed by atoms with Crippen molar-refractivity contribution in [1.29, 1.82) is 0 Å². The molecule has 0 radical (unpaired) electrons. The summed E-state index contributed by atoms with van der Waals surface area (Å²) in [6.07, 6.45) is 1.82. The zero-order chi connectivity index (χ0) is 17.2. The number of benzene rings is 1. The highest BCUT2D eigenvalue weighted by Gasteiger charge is 2.32. The van der Waals surface area contributed by atoms with Gasteiger partial charge in [0.2, 0.25) is 0 Å². The van der Waals surface area contributed by atoms with Crippen LogP contribution in [0.3, 0.4) is 0 Å². The molecule has 7 nitrogen and oxygen atoms in total. The Balaban J connectivity index is 2.21. The maximum atomic E-state index is 11.3. The Morgan fingerprint density at radius 1 is 1.39 bits per heavy atom. The van der Waals surface area contributed by atoms with Crippen LogP contribution in [0.15, 0.2) is 18.2 Å². The van der Waals surface area contributed by atoms with Gasteiger partial charge in [-0.3, -0.25) is 15.4 Å². The topological polar surface area (TPSA) is 104 Å². The standard InChI is InChI=1S/C16H23N3O4/c1-10-6-12(9-16(2,3)8-10)17-13-5-4-11(18-15(20)21)7-14(13)19(22)23/h4-5,7,10,12,17-18H,6,8-9H2,1-3H3,(H,20,21)/t10-,12+/m0/s1. The summed E-state index contributed by atoms with van der Waals surface area (Å²) in [4.78, 5) is 21.5. The van der Waals surface area contributed by atoms with E-state index in [0.29, 0.717) is 11.6 Å². The molecule has 1 fully saturated rings. The third-order valence-electron chi connectivity index (χ3n) is 4.19. The van der Waals surface area contributed by atoms with E-state index in [4.69, 9.17) is 5.11 Å². The number of anilines is 2. The number of carbonyl (C=O) groups is 1. The van der Waals surface area contributed by atoms with E-state index in [-0.39, 0.29) is 22.8 Å². The minimum atomic E-state index is -1.25. The molecule has 0 bridgehead atoms. The third-order valence-corrected chi connectivity index (χ3v) is 4.19. The summed E-state index contributed by atoms with van der Waals surface area (Å²) in [6.45, 7) is 6.63. The van der Waals surface area contributed by atoms with Crippen LogP contribution in [0.1, 0.15) is 40.0 Å². The van der Waals surface area contributed by atoms with Crippen molar-refractivity contribution >= 4 is 23.2 Å². The number of nitro benzene ring substituents is 1. The van der Waals surface area contributed by atoms with Crippen LogP contribution >= 0.6 is 0 Å². The molecule has 0 heterocycles. The molecule has 1 saturated carbocycles. The molecular weight excluding hydrogens is 298 g/mol. The normalized spacial score (nSPS) is 23.1. The maximum Gasteiger partial charge on any atom is 0.409 e. The Kier molecular flexibility index (Phi) is 4.77. The average molecular weight is 321 g/mol. The van der Waals surface area contributed by atoms with Gasteiger partial charge >= 0.3 is 6.09 Å². The lowest BCUT2D eigenvalue weighted by Gasteiger charge is -2.39. The summed E-state index contributed by atoms with van der Waals surface area (Å²) >= 11 is 0. The highest BCUT2D eigenvalue weighted by molar-refractivity contribution is 5.84. The molecule has 1 aromatic carbocycles. The fraction of sp³-hybridized carbons (Fsp3) is 0.562. The van der Waals surface area contributed by atoms with Crippen LogP contribution in [0.25, 0.3) is 0 Å². The van der Waals surface area contributed by atoms with E-state index in [1.54, 1.807) is 6.07 Å². The molecule has 1 aliphatic rings. The van der Waals surface area contributed by atoms with Gasteiger partial charge in [0.25, 0.3) is 5.69 Å². The fourth-order valence-corrected chi connectivity index (χ4v) is 3.68. The molecule has 3 N–H and O–H groups in total. The summed E-state index contributed by atoms with van der Waals surface area (Å²) < 4.78 is 0. The maximum absolute atomic E-state index is 11.3. The zero-order valence-corrected chi connectivity index (χ0v) is 13.6. The van der Waals surface area contributed by atoms with E-state index >= 15 is 0 Å². The lowest BCUT2D eigenvalue weighted by molar-refractivity contribution is -0.383. The summed E-state index contributed by atoms with van der Waals surface area (Å²) in [5.41, 5.74) is 0.703. The zero-order valence-electron chi connectivity index (χ0n) is 13.6. The molecule has 0 saturated heterocycles. The van der Waals surface area contributed by atoms with E-state index in [2.05, 4.69) is 31.4 Å². The smallest absolute Gasteiger partial charge is 0.409 e. The molecule has 1 aromatic rings. The van der Waals surface area contributed by atoms with Crippen LogP contribution in [-0.2, 0) is 0 Å². The number of nitrogens with one attached hydrogen (secondary N) is 2. The van der Waals surface area contributed by atoms with Crippen molar-refractivity contribution in [2.45, 2.75) is 46.1 Å². The van der Waals surface area contributed by atoms with Crippen LogP contribution in [0, 0.1) is 21.4 Å². The molecule has 0 aliphatic heterocycles. The quantitative estimate of drug-likeness (QED) is 0.566. The second-order valence-corrected chi connectivity index (χ2v) is 7.17. The van der Waals surface area contributed by atoms with Gasteiger partial charge in [0, 0.05) is 12.1 Å². The predicted octanol–water partition coefficient (Wildman–Crippen LogP) is 4.31. The van der Waals surface area contributed by atoms with Gasteiger partial charge in [-0.15, -0.1) is 0 Å². The number of carboxylic acid groups (broad SMARTS) is 1. The van der Waals surface area contributed by atoms with E-state index < -0.39 is 11.0 Å². The van der Waals surface area contributed by atoms with Crippen LogP contribution in [0.4, 0.5) is 21.9 Å². The first-order chi connectivity index (χ1) is 10.7. The monoisotopic (exact) mass is 321 g/mol. The van der Waals surface area contributed by atoms with Gasteiger partial charge in [-0.25, -0.2) is 4.79 Å². The highest BCUT2D eigenvalue weighted by atomic mass is 16.6. The molecule has 0 spiro atoms. The SMILES string of the molecule is C[C@H]1C[C@@H](Nc2ccc(NC(=O)O)cc2[N+](=O)[O-])CC(C)(C)C1. The third kappa shape index (κ3) is 4.58. The van der Waals surface area contributed by atoms with Crippen LogP contribution in [0.2, 0.25) is 0 Å². The lowest BCUT2D eigenvalue weighted by atomic mass is 9.70. The second-order valence-electron chi connectivity index (χ2n) is 7.17. The Labute approximate surface area is 135 Å². The molecular formula is C16H23N3O4. The van der Waals surface area contributed by atoms with E-state index in [9.17, 15) is 14.9 Å². The number of hydrogen-bond donors (Lipinski definition) is 3. The predicted molar refractivity (Wildman–Crippen MR) is 89.0 cm³/mol. The van der Waals surface area contributed by atoms with Crippen molar-refractivity contribution in [3.8, 4) is 0 Å². The fourth-order valence-electron chi connectivity index (χ4n) is 3.68. The van der Waals surface area contributed by atoms with Crippen molar-refractivity contribution in [3.63, 3.8) is 0 Å². The Hall–Kier alpha value is -2.31. The Bertz CT molecular complexity index is 615. The van der Waals surface area contributed by atoms with Crippen molar-refractivity contribution in [2.24, 2.45) is 11.3 Å². The number of nitro groups is 1. The molecule has 0 unspecified atom stereocenters. The molecule has 7 heteroatoms. The summed E-state index contributed by atoms with van der Waals surface area (Å²) in [5, 5.41) is 25.4. The number of hydrogen-bond acceptors (Lipinski definition) is 4. The van der Waals surface area contributed by atoms with E-state index in [1.165, 1.54) is 12.1 Å². The molecule has 2 rings (SSSR count). The first-order valence-electron chi connectivity index (χ1n) is 7.71. The van der Waals surface area contributed by atoms with E-state index in [1.807, 2.05) is 0 Å². The van der Waals surface area contributed by atoms with Crippen LogP contribution < -0.4 is 10.6 Å². The largest absolute Gasteiger partial charge is 0.465 e. The van der Waals surface area contributed by atoms with Gasteiger partial charge in [-0.05, 0) is 42.7 Å². The number of amides is 1. The molecule has 126 valence electrons. The van der Waals surface area contributed by atoms with Gasteiger partial charge in [0.15, 0.2) is 0 Å². The van der Waals surface area contributed by atoms with Gasteiger partial charge in [-0.1, -0.05) is 20.8 Å². The first kappa shape index (κ1) is 17.1. The summed E-state index contributed by atoms with van der Waals surface area (Å²) in [6, 6.07) is 4.51. The Morgan fingerprint density at radius 3 is 2.65 bits per heavy atom. The van der Waals surface area contributed by atoms with Gasteiger partial charge in [0.1, 0.15) is 5.69 Å². The van der Waals surface area contributed by atoms with Crippen LogP contribution in [0.5, 0.6) is 0 Å². The molecule has 1 aliphatic carbocycles. The number of nitrogens with zero attached hydrogens (tertiary/aromatic N) is 1. The van der Waals surface area contributed by atoms with Gasteiger partial charge in [-0.2, -0.15) is 0 Å². The van der Waals surface area contributed by atoms with Gasteiger partial charge in [0.05, 0.1) is 10.6 Å².